The summed E-state index contributed by atoms with van der Waals surface area (Å²) in [5.41, 5.74) is 1.09. The summed E-state index contributed by atoms with van der Waals surface area (Å²) in [5.74, 6) is -0.840. The minimum Gasteiger partial charge on any atom is -0.361 e. The Labute approximate surface area is 179 Å². The highest BCUT2D eigenvalue weighted by atomic mass is 16.5. The van der Waals surface area contributed by atoms with Crippen LogP contribution < -0.4 is 10.6 Å². The number of nitrogens with zero attached hydrogens (tertiary/aromatic N) is 2. The molecule has 1 aromatic carbocycles. The van der Waals surface area contributed by atoms with Crippen molar-refractivity contribution in [3.63, 3.8) is 0 Å². The summed E-state index contributed by atoms with van der Waals surface area (Å²) in [4.78, 5) is 51.3. The lowest BCUT2D eigenvalue weighted by atomic mass is 9.94. The number of carbonyl (C=O) groups is 4. The average molecular weight is 424 g/mol. The molecule has 4 rings (SSSR count). The van der Waals surface area contributed by atoms with Gasteiger partial charge < -0.3 is 15.2 Å². The first-order chi connectivity index (χ1) is 15.0. The number of nitrogens with one attached hydrogen (secondary N) is 2. The quantitative estimate of drug-likeness (QED) is 0.541. The Bertz CT molecular complexity index is 1040. The van der Waals surface area contributed by atoms with Crippen molar-refractivity contribution in [2.24, 2.45) is 0 Å². The molecule has 2 N–H and O–H groups in total. The van der Waals surface area contributed by atoms with E-state index >= 15 is 0 Å². The van der Waals surface area contributed by atoms with E-state index < -0.39 is 5.91 Å². The molecule has 162 valence electrons. The Hall–Kier alpha value is -3.49. The van der Waals surface area contributed by atoms with Crippen molar-refractivity contribution in [1.82, 2.24) is 20.7 Å². The fourth-order valence-corrected chi connectivity index (χ4v) is 4.09. The third kappa shape index (κ3) is 4.21. The van der Waals surface area contributed by atoms with Crippen LogP contribution in [0, 0.1) is 6.92 Å². The smallest absolute Gasteiger partial charge is 0.273 e. The lowest BCUT2D eigenvalue weighted by Crippen LogP contribution is -2.40. The average Bonchev–Trinajstić information content (AvgIpc) is 3.32. The molecule has 2 aliphatic rings. The molecule has 1 saturated carbocycles. The van der Waals surface area contributed by atoms with Gasteiger partial charge in [-0.25, -0.2) is 0 Å². The normalized spacial score (nSPS) is 16.4. The Morgan fingerprint density at radius 1 is 1.00 bits per heavy atom. The highest BCUT2D eigenvalue weighted by Gasteiger charge is 2.40. The third-order valence-corrected chi connectivity index (χ3v) is 5.68. The van der Waals surface area contributed by atoms with E-state index in [-0.39, 0.29) is 48.1 Å². The molecule has 9 heteroatoms. The van der Waals surface area contributed by atoms with Crippen LogP contribution in [-0.2, 0) is 0 Å². The SMILES string of the molecule is Cc1cc(C(=O)NCCNC(=O)c2ccc3c(c2)C(=O)N(C2CCCCC2)C3=O)no1. The van der Waals surface area contributed by atoms with Gasteiger partial charge in [0.25, 0.3) is 23.6 Å². The molecule has 1 aromatic heterocycles. The molecule has 0 unspecified atom stereocenters. The number of amides is 4. The zero-order valence-electron chi connectivity index (χ0n) is 17.3. The molecule has 0 atom stereocenters. The Morgan fingerprint density at radius 3 is 2.35 bits per heavy atom. The summed E-state index contributed by atoms with van der Waals surface area (Å²) in [5, 5.41) is 8.96. The third-order valence-electron chi connectivity index (χ3n) is 5.68. The highest BCUT2D eigenvalue weighted by Crippen LogP contribution is 2.31. The van der Waals surface area contributed by atoms with Crippen LogP contribution in [0.15, 0.2) is 28.8 Å². The van der Waals surface area contributed by atoms with Crippen molar-refractivity contribution in [2.75, 3.05) is 13.1 Å². The molecule has 2 aromatic rings. The second kappa shape index (κ2) is 8.71. The number of hydrogen-bond donors (Lipinski definition) is 2. The molecule has 9 nitrogen and oxygen atoms in total. The van der Waals surface area contributed by atoms with Gasteiger partial charge in [0.2, 0.25) is 0 Å². The molecule has 0 saturated heterocycles. The van der Waals surface area contributed by atoms with E-state index in [1.54, 1.807) is 19.1 Å². The predicted molar refractivity (Wildman–Crippen MR) is 110 cm³/mol. The standard InChI is InChI=1S/C22H24N4O5/c1-13-11-18(25-31-13)20(28)24-10-9-23-19(27)14-7-8-16-17(12-14)22(30)26(21(16)29)15-5-3-2-4-6-15/h7-8,11-12,15H,2-6,9-10H2,1H3,(H,23,27)(H,24,28). The van der Waals surface area contributed by atoms with E-state index in [1.807, 2.05) is 0 Å². The van der Waals surface area contributed by atoms with Crippen molar-refractivity contribution in [1.29, 1.82) is 0 Å². The number of aromatic nitrogens is 1. The zero-order valence-corrected chi connectivity index (χ0v) is 17.3. The second-order valence-corrected chi connectivity index (χ2v) is 7.87. The first-order valence-corrected chi connectivity index (χ1v) is 10.5. The summed E-state index contributed by atoms with van der Waals surface area (Å²) in [6.45, 7) is 2.08. The van der Waals surface area contributed by atoms with E-state index in [1.165, 1.54) is 17.0 Å². The number of rotatable bonds is 6. The number of hydrogen-bond acceptors (Lipinski definition) is 6. The Balaban J connectivity index is 1.34. The maximum atomic E-state index is 12.9. The predicted octanol–water partition coefficient (Wildman–Crippen LogP) is 2.07. The molecule has 1 aliphatic heterocycles. The van der Waals surface area contributed by atoms with Gasteiger partial charge >= 0.3 is 0 Å². The molecule has 2 heterocycles. The Morgan fingerprint density at radius 2 is 1.68 bits per heavy atom. The van der Waals surface area contributed by atoms with E-state index in [2.05, 4.69) is 15.8 Å². The number of carbonyl (C=O) groups excluding carboxylic acids is 4. The van der Waals surface area contributed by atoms with Gasteiger partial charge in [0.15, 0.2) is 5.69 Å². The molecule has 1 fully saturated rings. The molecular formula is C22H24N4O5. The van der Waals surface area contributed by atoms with Crippen LogP contribution in [0.1, 0.15) is 79.4 Å². The molecule has 0 spiro atoms. The highest BCUT2D eigenvalue weighted by molar-refractivity contribution is 6.22. The largest absolute Gasteiger partial charge is 0.361 e. The fourth-order valence-electron chi connectivity index (χ4n) is 4.09. The van der Waals surface area contributed by atoms with Gasteiger partial charge in [-0.15, -0.1) is 0 Å². The molecule has 4 amide bonds. The van der Waals surface area contributed by atoms with Crippen LogP contribution in [0.4, 0.5) is 0 Å². The van der Waals surface area contributed by atoms with Gasteiger partial charge in [0.1, 0.15) is 5.76 Å². The lowest BCUT2D eigenvalue weighted by Gasteiger charge is -2.29. The van der Waals surface area contributed by atoms with E-state index in [0.717, 1.165) is 32.1 Å². The van der Waals surface area contributed by atoms with Gasteiger partial charge in [-0.3, -0.25) is 24.1 Å². The van der Waals surface area contributed by atoms with Crippen LogP contribution in [0.3, 0.4) is 0 Å². The summed E-state index contributed by atoms with van der Waals surface area (Å²) < 4.78 is 4.85. The minimum absolute atomic E-state index is 0.0597. The summed E-state index contributed by atoms with van der Waals surface area (Å²) >= 11 is 0. The first-order valence-electron chi connectivity index (χ1n) is 10.5. The van der Waals surface area contributed by atoms with E-state index in [0.29, 0.717) is 16.9 Å². The molecule has 0 bridgehead atoms. The maximum absolute atomic E-state index is 12.9. The zero-order chi connectivity index (χ0) is 22.0. The van der Waals surface area contributed by atoms with Crippen molar-refractivity contribution < 1.29 is 23.7 Å². The van der Waals surface area contributed by atoms with Crippen LogP contribution in [0.25, 0.3) is 0 Å². The summed E-state index contributed by atoms with van der Waals surface area (Å²) in [6, 6.07) is 6.02. The van der Waals surface area contributed by atoms with Crippen LogP contribution >= 0.6 is 0 Å². The van der Waals surface area contributed by atoms with Gasteiger partial charge in [0.05, 0.1) is 11.1 Å². The topological polar surface area (TPSA) is 122 Å². The van der Waals surface area contributed by atoms with Crippen LogP contribution in [0.2, 0.25) is 0 Å². The molecule has 31 heavy (non-hydrogen) atoms. The lowest BCUT2D eigenvalue weighted by molar-refractivity contribution is 0.0548. The number of benzene rings is 1. The maximum Gasteiger partial charge on any atom is 0.273 e. The van der Waals surface area contributed by atoms with E-state index in [4.69, 9.17) is 4.52 Å². The fraction of sp³-hybridized carbons (Fsp3) is 0.409. The Kier molecular flexibility index (Phi) is 5.83. The molecule has 0 radical (unpaired) electrons. The van der Waals surface area contributed by atoms with Gasteiger partial charge in [0, 0.05) is 30.8 Å². The van der Waals surface area contributed by atoms with Crippen LogP contribution in [0.5, 0.6) is 0 Å². The van der Waals surface area contributed by atoms with Gasteiger partial charge in [-0.2, -0.15) is 0 Å². The van der Waals surface area contributed by atoms with Gasteiger partial charge in [-0.05, 0) is 38.0 Å². The first kappa shape index (κ1) is 20.8. The van der Waals surface area contributed by atoms with Crippen molar-refractivity contribution in [3.8, 4) is 0 Å². The van der Waals surface area contributed by atoms with E-state index in [9.17, 15) is 19.2 Å². The van der Waals surface area contributed by atoms with Crippen LogP contribution in [-0.4, -0.2) is 52.8 Å². The number of fused-ring (bicyclic) bond motifs is 1. The monoisotopic (exact) mass is 424 g/mol. The second-order valence-electron chi connectivity index (χ2n) is 7.87. The minimum atomic E-state index is -0.393. The van der Waals surface area contributed by atoms with Crippen molar-refractivity contribution >= 4 is 23.6 Å². The summed E-state index contributed by atoms with van der Waals surface area (Å²) in [6.07, 6.45) is 4.82. The molecule has 1 aliphatic carbocycles. The number of aryl methyl sites for hydroxylation is 1. The van der Waals surface area contributed by atoms with Crippen molar-refractivity contribution in [2.45, 2.75) is 45.1 Å². The van der Waals surface area contributed by atoms with Gasteiger partial charge in [-0.1, -0.05) is 24.4 Å². The number of imide groups is 1. The summed E-state index contributed by atoms with van der Waals surface area (Å²) in [7, 11) is 0. The van der Waals surface area contributed by atoms with Crippen molar-refractivity contribution in [3.05, 3.63) is 52.4 Å². The molecular weight excluding hydrogens is 400 g/mol.